The summed E-state index contributed by atoms with van der Waals surface area (Å²) in [5.41, 5.74) is 3.74. The molecular weight excluding hydrogens is 376 g/mol. The molecule has 1 N–H and O–H groups in total. The van der Waals surface area contributed by atoms with Crippen molar-refractivity contribution in [1.29, 1.82) is 0 Å². The number of nitrogens with zero attached hydrogens (tertiary/aromatic N) is 3. The Hall–Kier alpha value is -2.86. The molecule has 144 valence electrons. The van der Waals surface area contributed by atoms with Crippen LogP contribution in [0.2, 0.25) is 5.02 Å². The Kier molecular flexibility index (Phi) is 5.05. The van der Waals surface area contributed by atoms with Crippen LogP contribution in [0.3, 0.4) is 0 Å². The number of rotatable bonds is 3. The van der Waals surface area contributed by atoms with Gasteiger partial charge in [-0.3, -0.25) is 0 Å². The summed E-state index contributed by atoms with van der Waals surface area (Å²) in [6.07, 6.45) is 1.69. The number of carbonyl (C=O) groups is 1. The molecule has 1 aliphatic rings. The molecule has 0 unspecified atom stereocenters. The maximum Gasteiger partial charge on any atom is 0.322 e. The Balaban J connectivity index is 1.54. The van der Waals surface area contributed by atoms with Crippen LogP contribution in [-0.2, 0) is 0 Å². The Morgan fingerprint density at radius 3 is 2.61 bits per heavy atom. The van der Waals surface area contributed by atoms with E-state index in [2.05, 4.69) is 15.5 Å². The fourth-order valence-corrected chi connectivity index (χ4v) is 3.67. The second-order valence-corrected chi connectivity index (χ2v) is 7.45. The summed E-state index contributed by atoms with van der Waals surface area (Å²) in [5.74, 6) is 0.952. The molecular formula is C21H21ClN4O2. The SMILES string of the molecule is Cc1cccc(C)c1NC(=O)N1CCC[C@@H]1c1nc(-c2ccc(Cl)cc2)no1. The Morgan fingerprint density at radius 2 is 1.89 bits per heavy atom. The monoisotopic (exact) mass is 396 g/mol. The molecule has 0 aliphatic carbocycles. The van der Waals surface area contributed by atoms with Gasteiger partial charge in [0.25, 0.3) is 0 Å². The topological polar surface area (TPSA) is 71.3 Å². The molecule has 6 nitrogen and oxygen atoms in total. The molecule has 1 saturated heterocycles. The molecule has 2 heterocycles. The molecule has 1 fully saturated rings. The van der Waals surface area contributed by atoms with E-state index in [9.17, 15) is 4.79 Å². The number of urea groups is 1. The third-order valence-electron chi connectivity index (χ3n) is 5.06. The second-order valence-electron chi connectivity index (χ2n) is 7.01. The van der Waals surface area contributed by atoms with Crippen molar-refractivity contribution >= 4 is 23.3 Å². The number of hydrogen-bond donors (Lipinski definition) is 1. The summed E-state index contributed by atoms with van der Waals surface area (Å²) < 4.78 is 5.50. The highest BCUT2D eigenvalue weighted by Crippen LogP contribution is 2.33. The first-order valence-corrected chi connectivity index (χ1v) is 9.64. The van der Waals surface area contributed by atoms with Crippen molar-refractivity contribution in [3.63, 3.8) is 0 Å². The average Bonchev–Trinajstić information content (AvgIpc) is 3.34. The van der Waals surface area contributed by atoms with E-state index in [0.717, 1.165) is 35.2 Å². The predicted octanol–water partition coefficient (Wildman–Crippen LogP) is 5.38. The molecule has 0 radical (unpaired) electrons. The number of carbonyl (C=O) groups excluding carboxylic acids is 1. The van der Waals surface area contributed by atoms with Crippen LogP contribution in [-0.4, -0.2) is 27.6 Å². The van der Waals surface area contributed by atoms with Crippen molar-refractivity contribution < 1.29 is 9.32 Å². The fourth-order valence-electron chi connectivity index (χ4n) is 3.54. The molecule has 2 aromatic carbocycles. The fraction of sp³-hybridized carbons (Fsp3) is 0.286. The van der Waals surface area contributed by atoms with E-state index in [4.69, 9.17) is 16.1 Å². The molecule has 0 bridgehead atoms. The van der Waals surface area contributed by atoms with Crippen LogP contribution in [0.5, 0.6) is 0 Å². The first-order valence-electron chi connectivity index (χ1n) is 9.26. The number of aryl methyl sites for hydroxylation is 2. The van der Waals surface area contributed by atoms with Gasteiger partial charge in [-0.15, -0.1) is 0 Å². The zero-order chi connectivity index (χ0) is 19.7. The number of anilines is 1. The van der Waals surface area contributed by atoms with E-state index < -0.39 is 0 Å². The highest BCUT2D eigenvalue weighted by atomic mass is 35.5. The number of likely N-dealkylation sites (tertiary alicyclic amines) is 1. The van der Waals surface area contributed by atoms with Gasteiger partial charge in [0, 0.05) is 22.8 Å². The van der Waals surface area contributed by atoms with Gasteiger partial charge < -0.3 is 14.7 Å². The summed E-state index contributed by atoms with van der Waals surface area (Å²) in [6, 6.07) is 12.8. The zero-order valence-electron chi connectivity index (χ0n) is 15.8. The predicted molar refractivity (Wildman–Crippen MR) is 108 cm³/mol. The van der Waals surface area contributed by atoms with Gasteiger partial charge in [-0.25, -0.2) is 4.79 Å². The third-order valence-corrected chi connectivity index (χ3v) is 5.31. The van der Waals surface area contributed by atoms with Crippen molar-refractivity contribution in [2.75, 3.05) is 11.9 Å². The molecule has 0 saturated carbocycles. The average molecular weight is 397 g/mol. The quantitative estimate of drug-likeness (QED) is 0.645. The Bertz CT molecular complexity index is 980. The van der Waals surface area contributed by atoms with Gasteiger partial charge in [0.05, 0.1) is 0 Å². The lowest BCUT2D eigenvalue weighted by Gasteiger charge is -2.23. The van der Waals surface area contributed by atoms with Crippen molar-refractivity contribution in [1.82, 2.24) is 15.0 Å². The number of nitrogens with one attached hydrogen (secondary N) is 1. The van der Waals surface area contributed by atoms with E-state index in [0.29, 0.717) is 23.3 Å². The molecule has 3 aromatic rings. The number of para-hydroxylation sites is 1. The Morgan fingerprint density at radius 1 is 1.18 bits per heavy atom. The molecule has 1 aromatic heterocycles. The van der Waals surface area contributed by atoms with Crippen LogP contribution in [0.4, 0.5) is 10.5 Å². The number of aromatic nitrogens is 2. The minimum absolute atomic E-state index is 0.147. The molecule has 1 aliphatic heterocycles. The molecule has 28 heavy (non-hydrogen) atoms. The van der Waals surface area contributed by atoms with Crippen LogP contribution in [0.15, 0.2) is 47.0 Å². The maximum absolute atomic E-state index is 12.9. The van der Waals surface area contributed by atoms with Gasteiger partial charge in [0.2, 0.25) is 11.7 Å². The normalized spacial score (nSPS) is 16.4. The highest BCUT2D eigenvalue weighted by Gasteiger charge is 2.34. The zero-order valence-corrected chi connectivity index (χ0v) is 16.5. The van der Waals surface area contributed by atoms with Crippen LogP contribution in [0.25, 0.3) is 11.4 Å². The molecule has 0 spiro atoms. The minimum atomic E-state index is -0.224. The van der Waals surface area contributed by atoms with E-state index in [1.165, 1.54) is 0 Å². The standard InChI is InChI=1S/C21H21ClN4O2/c1-13-5-3-6-14(2)18(13)23-21(27)26-12-4-7-17(26)20-24-19(25-28-20)15-8-10-16(22)11-9-15/h3,5-6,8-11,17H,4,7,12H2,1-2H3,(H,23,27)/t17-/m1/s1. The van der Waals surface area contributed by atoms with Gasteiger partial charge in [-0.05, 0) is 62.1 Å². The largest absolute Gasteiger partial charge is 0.337 e. The van der Waals surface area contributed by atoms with Crippen LogP contribution in [0.1, 0.15) is 35.9 Å². The van der Waals surface area contributed by atoms with Gasteiger partial charge >= 0.3 is 6.03 Å². The lowest BCUT2D eigenvalue weighted by Crippen LogP contribution is -2.35. The highest BCUT2D eigenvalue weighted by molar-refractivity contribution is 6.30. The molecule has 2 amide bonds. The summed E-state index contributed by atoms with van der Waals surface area (Å²) in [7, 11) is 0. The van der Waals surface area contributed by atoms with Crippen molar-refractivity contribution in [3.05, 3.63) is 64.5 Å². The summed E-state index contributed by atoms with van der Waals surface area (Å²) in [6.45, 7) is 4.63. The second kappa shape index (κ2) is 7.64. The van der Waals surface area contributed by atoms with Gasteiger partial charge in [0.15, 0.2) is 0 Å². The van der Waals surface area contributed by atoms with Crippen molar-refractivity contribution in [3.8, 4) is 11.4 Å². The first kappa shape index (κ1) is 18.5. The lowest BCUT2D eigenvalue weighted by molar-refractivity contribution is 0.193. The molecule has 1 atom stereocenters. The first-order chi connectivity index (χ1) is 13.5. The summed E-state index contributed by atoms with van der Waals surface area (Å²) in [4.78, 5) is 19.2. The van der Waals surface area contributed by atoms with E-state index in [-0.39, 0.29) is 12.1 Å². The van der Waals surface area contributed by atoms with Crippen LogP contribution < -0.4 is 5.32 Å². The van der Waals surface area contributed by atoms with E-state index in [1.54, 1.807) is 17.0 Å². The summed E-state index contributed by atoms with van der Waals surface area (Å²) in [5, 5.41) is 7.78. The van der Waals surface area contributed by atoms with Crippen LogP contribution in [0, 0.1) is 13.8 Å². The van der Waals surface area contributed by atoms with Gasteiger partial charge in [0.1, 0.15) is 6.04 Å². The maximum atomic E-state index is 12.9. The number of halogens is 1. The smallest absolute Gasteiger partial charge is 0.322 e. The third kappa shape index (κ3) is 3.60. The molecule has 4 rings (SSSR count). The van der Waals surface area contributed by atoms with Crippen molar-refractivity contribution in [2.24, 2.45) is 0 Å². The number of benzene rings is 2. The van der Waals surface area contributed by atoms with Crippen LogP contribution >= 0.6 is 11.6 Å². The van der Waals surface area contributed by atoms with E-state index >= 15 is 0 Å². The van der Waals surface area contributed by atoms with E-state index in [1.807, 2.05) is 44.2 Å². The summed E-state index contributed by atoms with van der Waals surface area (Å²) >= 11 is 5.94. The number of hydrogen-bond acceptors (Lipinski definition) is 4. The molecule has 7 heteroatoms. The number of amides is 2. The van der Waals surface area contributed by atoms with Gasteiger partial charge in [-0.1, -0.05) is 35.0 Å². The Labute approximate surface area is 168 Å². The van der Waals surface area contributed by atoms with Crippen molar-refractivity contribution in [2.45, 2.75) is 32.7 Å². The minimum Gasteiger partial charge on any atom is -0.337 e. The lowest BCUT2D eigenvalue weighted by atomic mass is 10.1. The van der Waals surface area contributed by atoms with Gasteiger partial charge in [-0.2, -0.15) is 4.98 Å².